The van der Waals surface area contributed by atoms with Gasteiger partial charge in [0.25, 0.3) is 5.91 Å². The first-order valence-corrected chi connectivity index (χ1v) is 7.12. The predicted molar refractivity (Wildman–Crippen MR) is 79.5 cm³/mol. The van der Waals surface area contributed by atoms with E-state index in [1.54, 1.807) is 31.0 Å². The van der Waals surface area contributed by atoms with Gasteiger partial charge in [-0.05, 0) is 37.6 Å². The fraction of sp³-hybridized carbons (Fsp3) is 0.375. The molecule has 1 aromatic carbocycles. The van der Waals surface area contributed by atoms with E-state index in [-0.39, 0.29) is 11.7 Å². The maximum Gasteiger partial charge on any atom is 0.259 e. The van der Waals surface area contributed by atoms with Crippen molar-refractivity contribution in [1.82, 2.24) is 10.1 Å². The summed E-state index contributed by atoms with van der Waals surface area (Å²) in [5.41, 5.74) is 1.18. The summed E-state index contributed by atoms with van der Waals surface area (Å²) >= 11 is 0. The Kier molecular flexibility index (Phi) is 5.14. The van der Waals surface area contributed by atoms with E-state index in [1.807, 2.05) is 6.92 Å². The third-order valence-electron chi connectivity index (χ3n) is 3.34. The Morgan fingerprint density at radius 2 is 2.05 bits per heavy atom. The van der Waals surface area contributed by atoms with Crippen LogP contribution >= 0.6 is 0 Å². The molecule has 0 radical (unpaired) electrons. The number of likely N-dealkylation sites (N-methyl/N-ethyl adjacent to an activating group) is 1. The number of carbonyl (C=O) groups is 1. The molecule has 0 aliphatic rings. The number of nitrogens with zero attached hydrogens (tertiary/aromatic N) is 2. The number of aryl methyl sites for hydroxylation is 2. The zero-order valence-corrected chi connectivity index (χ0v) is 12.9. The largest absolute Gasteiger partial charge is 0.492 e. The van der Waals surface area contributed by atoms with E-state index in [2.05, 4.69) is 5.16 Å². The summed E-state index contributed by atoms with van der Waals surface area (Å²) in [5, 5.41) is 3.88. The first-order chi connectivity index (χ1) is 10.5. The van der Waals surface area contributed by atoms with Crippen LogP contribution in [0.2, 0.25) is 0 Å². The van der Waals surface area contributed by atoms with Crippen molar-refractivity contribution in [2.45, 2.75) is 20.3 Å². The Labute approximate surface area is 128 Å². The van der Waals surface area contributed by atoms with Crippen molar-refractivity contribution in [3.63, 3.8) is 0 Å². The number of benzene rings is 1. The number of rotatable bonds is 6. The van der Waals surface area contributed by atoms with Gasteiger partial charge >= 0.3 is 0 Å². The van der Waals surface area contributed by atoms with Gasteiger partial charge in [0.2, 0.25) is 0 Å². The van der Waals surface area contributed by atoms with E-state index in [9.17, 15) is 9.18 Å². The van der Waals surface area contributed by atoms with Crippen molar-refractivity contribution in [2.75, 3.05) is 20.2 Å². The van der Waals surface area contributed by atoms with Gasteiger partial charge < -0.3 is 14.2 Å². The van der Waals surface area contributed by atoms with Gasteiger partial charge in [0.05, 0.1) is 12.2 Å². The highest BCUT2D eigenvalue weighted by atomic mass is 19.1. The highest BCUT2D eigenvalue weighted by molar-refractivity contribution is 5.96. The molecule has 6 heteroatoms. The van der Waals surface area contributed by atoms with E-state index < -0.39 is 0 Å². The number of ether oxygens (including phenoxy) is 1. The zero-order valence-electron chi connectivity index (χ0n) is 12.9. The van der Waals surface area contributed by atoms with Crippen molar-refractivity contribution in [3.8, 4) is 5.75 Å². The number of halogens is 1. The molecule has 2 rings (SSSR count). The highest BCUT2D eigenvalue weighted by Gasteiger charge is 2.22. The van der Waals surface area contributed by atoms with Crippen LogP contribution in [-0.2, 0) is 6.42 Å². The maximum atomic E-state index is 12.8. The second kappa shape index (κ2) is 7.06. The molecule has 0 N–H and O–H groups in total. The molecule has 22 heavy (non-hydrogen) atoms. The Balaban J connectivity index is 1.91. The second-order valence-electron chi connectivity index (χ2n) is 4.94. The van der Waals surface area contributed by atoms with E-state index in [4.69, 9.17) is 9.26 Å². The predicted octanol–water partition coefficient (Wildman–Crippen LogP) is 2.84. The topological polar surface area (TPSA) is 55.6 Å². The summed E-state index contributed by atoms with van der Waals surface area (Å²) in [6.45, 7) is 4.37. The molecule has 5 nitrogen and oxygen atoms in total. The van der Waals surface area contributed by atoms with Gasteiger partial charge in [-0.3, -0.25) is 4.79 Å². The first kappa shape index (κ1) is 16.0. The molecule has 0 aliphatic carbocycles. The SMILES string of the molecule is CCc1noc(C)c1C(=O)N(C)CCOc1ccc(F)cc1. The average molecular weight is 306 g/mol. The van der Waals surface area contributed by atoms with E-state index in [0.717, 1.165) is 0 Å². The quantitative estimate of drug-likeness (QED) is 0.823. The van der Waals surface area contributed by atoms with Crippen LogP contribution in [0.3, 0.4) is 0 Å². The molecule has 0 spiro atoms. The summed E-state index contributed by atoms with van der Waals surface area (Å²) in [7, 11) is 1.70. The third kappa shape index (κ3) is 3.63. The molecule has 0 aliphatic heterocycles. The lowest BCUT2D eigenvalue weighted by molar-refractivity contribution is 0.0771. The molecule has 0 unspecified atom stereocenters. The van der Waals surface area contributed by atoms with Gasteiger partial charge in [-0.2, -0.15) is 0 Å². The smallest absolute Gasteiger partial charge is 0.259 e. The first-order valence-electron chi connectivity index (χ1n) is 7.12. The molecule has 118 valence electrons. The van der Waals surface area contributed by atoms with E-state index >= 15 is 0 Å². The van der Waals surface area contributed by atoms with Gasteiger partial charge in [-0.25, -0.2) is 4.39 Å². The van der Waals surface area contributed by atoms with Crippen LogP contribution in [0.5, 0.6) is 5.75 Å². The number of hydrogen-bond donors (Lipinski definition) is 0. The standard InChI is InChI=1S/C16H19FN2O3/c1-4-14-15(11(2)22-18-14)16(20)19(3)9-10-21-13-7-5-12(17)6-8-13/h5-8H,4,9-10H2,1-3H3. The summed E-state index contributed by atoms with van der Waals surface area (Å²) in [4.78, 5) is 14.0. The van der Waals surface area contributed by atoms with Gasteiger partial charge in [-0.1, -0.05) is 12.1 Å². The lowest BCUT2D eigenvalue weighted by Crippen LogP contribution is -2.31. The van der Waals surface area contributed by atoms with Crippen molar-refractivity contribution < 1.29 is 18.4 Å². The molecule has 0 fully saturated rings. The number of aromatic nitrogens is 1. The van der Waals surface area contributed by atoms with Gasteiger partial charge in [0.1, 0.15) is 29.5 Å². The summed E-state index contributed by atoms with van der Waals surface area (Å²) in [5.74, 6) is 0.638. The third-order valence-corrected chi connectivity index (χ3v) is 3.34. The fourth-order valence-electron chi connectivity index (χ4n) is 2.06. The van der Waals surface area contributed by atoms with Crippen LogP contribution in [-0.4, -0.2) is 36.2 Å². The van der Waals surface area contributed by atoms with Crippen molar-refractivity contribution >= 4 is 5.91 Å². The summed E-state index contributed by atoms with van der Waals surface area (Å²) in [6, 6.07) is 5.77. The Morgan fingerprint density at radius 1 is 1.36 bits per heavy atom. The molecule has 2 aromatic rings. The minimum atomic E-state index is -0.310. The molecule has 1 heterocycles. The summed E-state index contributed by atoms with van der Waals surface area (Å²) < 4.78 is 23.4. The Hall–Kier alpha value is -2.37. The molecular weight excluding hydrogens is 287 g/mol. The number of hydrogen-bond acceptors (Lipinski definition) is 4. The molecule has 1 aromatic heterocycles. The molecule has 0 bridgehead atoms. The van der Waals surface area contributed by atoms with Crippen LogP contribution in [0.25, 0.3) is 0 Å². The highest BCUT2D eigenvalue weighted by Crippen LogP contribution is 2.16. The molecule has 1 amide bonds. The minimum Gasteiger partial charge on any atom is -0.492 e. The second-order valence-corrected chi connectivity index (χ2v) is 4.94. The van der Waals surface area contributed by atoms with Gasteiger partial charge in [-0.15, -0.1) is 0 Å². The fourth-order valence-corrected chi connectivity index (χ4v) is 2.06. The Bertz CT molecular complexity index is 637. The van der Waals surface area contributed by atoms with Crippen molar-refractivity contribution in [1.29, 1.82) is 0 Å². The normalized spacial score (nSPS) is 10.5. The van der Waals surface area contributed by atoms with Crippen LogP contribution < -0.4 is 4.74 Å². The Morgan fingerprint density at radius 3 is 2.68 bits per heavy atom. The average Bonchev–Trinajstić information content (AvgIpc) is 2.89. The van der Waals surface area contributed by atoms with E-state index in [0.29, 0.717) is 42.3 Å². The van der Waals surface area contributed by atoms with Crippen LogP contribution in [0.4, 0.5) is 4.39 Å². The van der Waals surface area contributed by atoms with Crippen molar-refractivity contribution in [3.05, 3.63) is 47.1 Å². The van der Waals surface area contributed by atoms with Crippen LogP contribution in [0.1, 0.15) is 28.7 Å². The monoisotopic (exact) mass is 306 g/mol. The van der Waals surface area contributed by atoms with Crippen LogP contribution in [0.15, 0.2) is 28.8 Å². The molecular formula is C16H19FN2O3. The number of carbonyl (C=O) groups excluding carboxylic acids is 1. The maximum absolute atomic E-state index is 12.8. The molecule has 0 saturated carbocycles. The lowest BCUT2D eigenvalue weighted by Gasteiger charge is -2.17. The van der Waals surface area contributed by atoms with Crippen molar-refractivity contribution in [2.24, 2.45) is 0 Å². The summed E-state index contributed by atoms with van der Waals surface area (Å²) in [6.07, 6.45) is 0.637. The van der Waals surface area contributed by atoms with Gasteiger partial charge in [0.15, 0.2) is 0 Å². The zero-order chi connectivity index (χ0) is 16.1. The minimum absolute atomic E-state index is 0.140. The lowest BCUT2D eigenvalue weighted by atomic mass is 10.1. The molecule has 0 saturated heterocycles. The van der Waals surface area contributed by atoms with Crippen LogP contribution in [0, 0.1) is 12.7 Å². The van der Waals surface area contributed by atoms with E-state index in [1.165, 1.54) is 12.1 Å². The number of amides is 1. The molecule has 0 atom stereocenters. The van der Waals surface area contributed by atoms with Gasteiger partial charge in [0, 0.05) is 7.05 Å².